The van der Waals surface area contributed by atoms with Crippen molar-refractivity contribution in [2.75, 3.05) is 26.2 Å². The van der Waals surface area contributed by atoms with Crippen LogP contribution < -0.4 is 0 Å². The zero-order valence-electron chi connectivity index (χ0n) is 12.5. The summed E-state index contributed by atoms with van der Waals surface area (Å²) >= 11 is 0. The highest BCUT2D eigenvalue weighted by Gasteiger charge is 2.32. The largest absolute Gasteiger partial charge is 0.481 e. The quantitative estimate of drug-likeness (QED) is 0.796. The highest BCUT2D eigenvalue weighted by atomic mass is 16.5. The van der Waals surface area contributed by atoms with E-state index in [4.69, 9.17) is 9.84 Å². The van der Waals surface area contributed by atoms with Crippen LogP contribution in [0, 0.1) is 0 Å². The molecule has 0 saturated carbocycles. The number of amides is 2. The number of carboxylic acid groups (broad SMARTS) is 1. The summed E-state index contributed by atoms with van der Waals surface area (Å²) in [5.41, 5.74) is -0.314. The molecular weight excluding hydrogens is 260 g/mol. The van der Waals surface area contributed by atoms with E-state index in [0.29, 0.717) is 26.2 Å². The molecule has 1 rings (SSSR count). The van der Waals surface area contributed by atoms with E-state index < -0.39 is 12.1 Å². The Morgan fingerprint density at radius 1 is 1.50 bits per heavy atom. The summed E-state index contributed by atoms with van der Waals surface area (Å²) in [6.07, 6.45) is 1.18. The van der Waals surface area contributed by atoms with Crippen molar-refractivity contribution >= 4 is 12.0 Å². The fourth-order valence-corrected chi connectivity index (χ4v) is 2.15. The molecule has 0 spiro atoms. The van der Waals surface area contributed by atoms with Crippen LogP contribution in [-0.2, 0) is 9.53 Å². The van der Waals surface area contributed by atoms with E-state index in [2.05, 4.69) is 6.58 Å². The molecule has 1 unspecified atom stereocenters. The molecule has 1 aliphatic rings. The van der Waals surface area contributed by atoms with Crippen molar-refractivity contribution in [3.05, 3.63) is 12.7 Å². The zero-order valence-corrected chi connectivity index (χ0v) is 12.5. The molecule has 1 fully saturated rings. The van der Waals surface area contributed by atoms with E-state index in [1.807, 2.05) is 20.8 Å². The lowest BCUT2D eigenvalue weighted by Crippen LogP contribution is -2.56. The van der Waals surface area contributed by atoms with E-state index in [1.54, 1.807) is 15.9 Å². The van der Waals surface area contributed by atoms with Crippen LogP contribution in [0.25, 0.3) is 0 Å². The summed E-state index contributed by atoms with van der Waals surface area (Å²) in [5, 5.41) is 8.81. The Hall–Kier alpha value is -1.56. The second-order valence-corrected chi connectivity index (χ2v) is 5.89. The fraction of sp³-hybridized carbons (Fsp3) is 0.714. The summed E-state index contributed by atoms with van der Waals surface area (Å²) in [4.78, 5) is 26.7. The Kier molecular flexibility index (Phi) is 5.56. The molecular formula is C14H24N2O4. The van der Waals surface area contributed by atoms with Crippen LogP contribution in [0.5, 0.6) is 0 Å². The van der Waals surface area contributed by atoms with E-state index in [-0.39, 0.29) is 18.0 Å². The fourth-order valence-electron chi connectivity index (χ4n) is 2.15. The number of carbonyl (C=O) groups is 2. The van der Waals surface area contributed by atoms with E-state index in [0.717, 1.165) is 0 Å². The molecule has 0 aromatic rings. The van der Waals surface area contributed by atoms with Crippen LogP contribution in [-0.4, -0.2) is 64.8 Å². The minimum atomic E-state index is -0.914. The SMILES string of the molecule is C=CCN(C(=O)N1CCOC(CC(=O)O)C1)C(C)(C)C. The maximum Gasteiger partial charge on any atom is 0.320 e. The maximum atomic E-state index is 12.6. The number of hydrogen-bond acceptors (Lipinski definition) is 3. The van der Waals surface area contributed by atoms with Gasteiger partial charge in [-0.3, -0.25) is 4.79 Å². The number of urea groups is 1. The number of nitrogens with zero attached hydrogens (tertiary/aromatic N) is 2. The predicted octanol–water partition coefficient (Wildman–Crippen LogP) is 1.57. The molecule has 0 aromatic heterocycles. The normalized spacial score (nSPS) is 19.6. The van der Waals surface area contributed by atoms with Gasteiger partial charge in [0.05, 0.1) is 19.1 Å². The van der Waals surface area contributed by atoms with Crippen molar-refractivity contribution in [1.82, 2.24) is 9.80 Å². The number of morpholine rings is 1. The third-order valence-electron chi connectivity index (χ3n) is 3.16. The molecule has 1 atom stereocenters. The van der Waals surface area contributed by atoms with Gasteiger partial charge < -0.3 is 19.6 Å². The lowest BCUT2D eigenvalue weighted by atomic mass is 10.1. The van der Waals surface area contributed by atoms with Gasteiger partial charge >= 0.3 is 12.0 Å². The molecule has 0 aliphatic carbocycles. The molecule has 0 radical (unpaired) electrons. The van der Waals surface area contributed by atoms with Gasteiger partial charge in [-0.25, -0.2) is 4.79 Å². The van der Waals surface area contributed by atoms with Gasteiger partial charge in [-0.05, 0) is 20.8 Å². The van der Waals surface area contributed by atoms with Gasteiger partial charge in [-0.2, -0.15) is 0 Å². The van der Waals surface area contributed by atoms with Crippen LogP contribution in [0.3, 0.4) is 0 Å². The third kappa shape index (κ3) is 4.52. The topological polar surface area (TPSA) is 70.1 Å². The Morgan fingerprint density at radius 2 is 2.15 bits per heavy atom. The van der Waals surface area contributed by atoms with Crippen molar-refractivity contribution in [3.8, 4) is 0 Å². The molecule has 1 aliphatic heterocycles. The van der Waals surface area contributed by atoms with Gasteiger partial charge in [0.2, 0.25) is 0 Å². The minimum Gasteiger partial charge on any atom is -0.481 e. The van der Waals surface area contributed by atoms with E-state index in [9.17, 15) is 9.59 Å². The first-order valence-electron chi connectivity index (χ1n) is 6.76. The molecule has 114 valence electrons. The van der Waals surface area contributed by atoms with Gasteiger partial charge in [0, 0.05) is 25.2 Å². The van der Waals surface area contributed by atoms with Gasteiger partial charge in [0.1, 0.15) is 0 Å². The number of carboxylic acids is 1. The predicted molar refractivity (Wildman–Crippen MR) is 75.6 cm³/mol. The highest BCUT2D eigenvalue weighted by molar-refractivity contribution is 5.76. The molecule has 1 N–H and O–H groups in total. The lowest BCUT2D eigenvalue weighted by molar-refractivity contribution is -0.141. The van der Waals surface area contributed by atoms with Crippen molar-refractivity contribution in [1.29, 1.82) is 0 Å². The number of aliphatic carboxylic acids is 1. The Balaban J connectivity index is 2.73. The van der Waals surface area contributed by atoms with Gasteiger partial charge in [-0.1, -0.05) is 6.08 Å². The Bertz CT molecular complexity index is 376. The van der Waals surface area contributed by atoms with Crippen molar-refractivity contribution in [3.63, 3.8) is 0 Å². The molecule has 6 heteroatoms. The average Bonchev–Trinajstić information content (AvgIpc) is 2.33. The summed E-state index contributed by atoms with van der Waals surface area (Å²) in [6, 6.07) is -0.101. The van der Waals surface area contributed by atoms with Gasteiger partial charge in [-0.15, -0.1) is 6.58 Å². The van der Waals surface area contributed by atoms with Crippen molar-refractivity contribution in [2.24, 2.45) is 0 Å². The van der Waals surface area contributed by atoms with E-state index in [1.165, 1.54) is 0 Å². The van der Waals surface area contributed by atoms with Gasteiger partial charge in [0.15, 0.2) is 0 Å². The van der Waals surface area contributed by atoms with Crippen LogP contribution in [0.2, 0.25) is 0 Å². The third-order valence-corrected chi connectivity index (χ3v) is 3.16. The molecule has 6 nitrogen and oxygen atoms in total. The standard InChI is InChI=1S/C14H24N2O4/c1-5-6-16(14(2,3)4)13(19)15-7-8-20-11(10-15)9-12(17)18/h5,11H,1,6-10H2,2-4H3,(H,17,18). The first-order chi connectivity index (χ1) is 9.25. The number of ether oxygens (including phenoxy) is 1. The summed E-state index contributed by atoms with van der Waals surface area (Å²) < 4.78 is 5.38. The second-order valence-electron chi connectivity index (χ2n) is 5.89. The molecule has 1 heterocycles. The summed E-state index contributed by atoms with van der Waals surface area (Å²) in [5.74, 6) is -0.914. The van der Waals surface area contributed by atoms with Crippen molar-refractivity contribution < 1.29 is 19.4 Å². The Morgan fingerprint density at radius 3 is 2.65 bits per heavy atom. The number of rotatable bonds is 4. The second kappa shape index (κ2) is 6.74. The highest BCUT2D eigenvalue weighted by Crippen LogP contribution is 2.18. The molecule has 0 bridgehead atoms. The van der Waals surface area contributed by atoms with Crippen molar-refractivity contribution in [2.45, 2.75) is 38.8 Å². The van der Waals surface area contributed by atoms with E-state index >= 15 is 0 Å². The summed E-state index contributed by atoms with van der Waals surface area (Å²) in [6.45, 7) is 11.2. The smallest absolute Gasteiger partial charge is 0.320 e. The average molecular weight is 284 g/mol. The lowest BCUT2D eigenvalue weighted by Gasteiger charge is -2.41. The molecule has 1 saturated heterocycles. The molecule has 0 aromatic carbocycles. The minimum absolute atomic E-state index is 0.0826. The van der Waals surface area contributed by atoms with Crippen LogP contribution in [0.4, 0.5) is 4.79 Å². The van der Waals surface area contributed by atoms with Gasteiger partial charge in [0.25, 0.3) is 0 Å². The van der Waals surface area contributed by atoms with Crippen LogP contribution in [0.1, 0.15) is 27.2 Å². The summed E-state index contributed by atoms with van der Waals surface area (Å²) in [7, 11) is 0. The number of hydrogen-bond donors (Lipinski definition) is 1. The first kappa shape index (κ1) is 16.5. The molecule has 20 heavy (non-hydrogen) atoms. The number of carbonyl (C=O) groups excluding carboxylic acids is 1. The van der Waals surface area contributed by atoms with Crippen LogP contribution in [0.15, 0.2) is 12.7 Å². The Labute approximate surface area is 120 Å². The molecule has 2 amide bonds. The zero-order chi connectivity index (χ0) is 15.3. The monoisotopic (exact) mass is 284 g/mol. The van der Waals surface area contributed by atoms with Crippen LogP contribution >= 0.6 is 0 Å². The first-order valence-corrected chi connectivity index (χ1v) is 6.76. The maximum absolute atomic E-state index is 12.6.